The summed E-state index contributed by atoms with van der Waals surface area (Å²) in [6, 6.07) is 31.2. The lowest BCUT2D eigenvalue weighted by atomic mass is 9.77. The maximum Gasteiger partial charge on any atom is 0.355 e. The van der Waals surface area contributed by atoms with E-state index in [0.717, 1.165) is 16.7 Å². The van der Waals surface area contributed by atoms with Gasteiger partial charge in [0.1, 0.15) is 0 Å². The standard InChI is InChI=1S/C24H26N2O3/c1-28-29-23(27)19-25-17-18-26-24(20-11-5-2-6-12-20,21-13-7-3-8-14-21)22-15-9-4-10-16-22/h2-16,25-26H,17-19H2,1H3. The van der Waals surface area contributed by atoms with Crippen molar-refractivity contribution in [2.24, 2.45) is 0 Å². The largest absolute Gasteiger partial charge is 0.355 e. The zero-order valence-corrected chi connectivity index (χ0v) is 16.5. The minimum Gasteiger partial charge on any atom is -0.306 e. The average molecular weight is 390 g/mol. The monoisotopic (exact) mass is 390 g/mol. The summed E-state index contributed by atoms with van der Waals surface area (Å²) in [7, 11) is 1.31. The lowest BCUT2D eigenvalue weighted by molar-refractivity contribution is -0.253. The molecule has 3 aromatic carbocycles. The molecular formula is C24H26N2O3. The second kappa shape index (κ2) is 10.5. The molecule has 3 aromatic rings. The molecule has 0 aromatic heterocycles. The normalized spacial score (nSPS) is 11.2. The molecule has 29 heavy (non-hydrogen) atoms. The topological polar surface area (TPSA) is 59.6 Å². The molecule has 5 nitrogen and oxygen atoms in total. The zero-order chi connectivity index (χ0) is 20.4. The number of hydrogen-bond donors (Lipinski definition) is 2. The Kier molecular flexibility index (Phi) is 7.53. The number of benzene rings is 3. The van der Waals surface area contributed by atoms with Gasteiger partial charge in [0, 0.05) is 13.1 Å². The maximum absolute atomic E-state index is 11.4. The summed E-state index contributed by atoms with van der Waals surface area (Å²) in [5.74, 6) is -0.451. The van der Waals surface area contributed by atoms with Gasteiger partial charge in [-0.05, 0) is 16.7 Å². The van der Waals surface area contributed by atoms with Crippen molar-refractivity contribution in [3.05, 3.63) is 108 Å². The van der Waals surface area contributed by atoms with Crippen LogP contribution in [0.25, 0.3) is 0 Å². The molecule has 0 atom stereocenters. The van der Waals surface area contributed by atoms with Crippen LogP contribution in [-0.4, -0.2) is 32.7 Å². The summed E-state index contributed by atoms with van der Waals surface area (Å²) in [4.78, 5) is 20.3. The fourth-order valence-electron chi connectivity index (χ4n) is 3.52. The Balaban J connectivity index is 1.90. The Morgan fingerprint density at radius 3 is 1.62 bits per heavy atom. The van der Waals surface area contributed by atoms with Crippen LogP contribution in [0.5, 0.6) is 0 Å². The van der Waals surface area contributed by atoms with Crippen molar-refractivity contribution in [3.8, 4) is 0 Å². The molecule has 3 rings (SSSR count). The van der Waals surface area contributed by atoms with E-state index in [4.69, 9.17) is 0 Å². The van der Waals surface area contributed by atoms with Crippen LogP contribution in [-0.2, 0) is 20.1 Å². The summed E-state index contributed by atoms with van der Waals surface area (Å²) < 4.78 is 0. The number of carbonyl (C=O) groups is 1. The third kappa shape index (κ3) is 5.09. The first-order valence-corrected chi connectivity index (χ1v) is 9.63. The average Bonchev–Trinajstić information content (AvgIpc) is 2.78. The number of nitrogens with one attached hydrogen (secondary N) is 2. The van der Waals surface area contributed by atoms with Crippen LogP contribution in [0.1, 0.15) is 16.7 Å². The molecule has 0 radical (unpaired) electrons. The first kappa shape index (κ1) is 20.7. The smallest absolute Gasteiger partial charge is 0.306 e. The van der Waals surface area contributed by atoms with Gasteiger partial charge in [-0.15, -0.1) is 0 Å². The van der Waals surface area contributed by atoms with Crippen molar-refractivity contribution >= 4 is 5.97 Å². The third-order valence-corrected chi connectivity index (χ3v) is 4.76. The van der Waals surface area contributed by atoms with Crippen LogP contribution in [0.4, 0.5) is 0 Å². The van der Waals surface area contributed by atoms with Crippen LogP contribution >= 0.6 is 0 Å². The van der Waals surface area contributed by atoms with Crippen molar-refractivity contribution in [2.75, 3.05) is 26.7 Å². The molecule has 2 N–H and O–H groups in total. The summed E-state index contributed by atoms with van der Waals surface area (Å²) in [6.45, 7) is 1.32. The van der Waals surface area contributed by atoms with E-state index in [1.165, 1.54) is 7.11 Å². The number of rotatable bonds is 10. The molecule has 0 heterocycles. The van der Waals surface area contributed by atoms with Crippen LogP contribution in [0.2, 0.25) is 0 Å². The Hall–Kier alpha value is -2.99. The third-order valence-electron chi connectivity index (χ3n) is 4.76. The predicted octanol–water partition coefficient (Wildman–Crippen LogP) is 3.26. The van der Waals surface area contributed by atoms with Crippen molar-refractivity contribution in [3.63, 3.8) is 0 Å². The highest BCUT2D eigenvalue weighted by atomic mass is 17.2. The molecule has 0 saturated heterocycles. The molecule has 0 amide bonds. The quantitative estimate of drug-likeness (QED) is 0.241. The Morgan fingerprint density at radius 2 is 1.21 bits per heavy atom. The first-order chi connectivity index (χ1) is 14.3. The fraction of sp³-hybridized carbons (Fsp3) is 0.208. The molecule has 150 valence electrons. The van der Waals surface area contributed by atoms with Gasteiger partial charge in [0.15, 0.2) is 0 Å². The molecule has 5 heteroatoms. The summed E-state index contributed by atoms with van der Waals surface area (Å²) in [5.41, 5.74) is 2.93. The Labute approximate surface area is 171 Å². The summed E-state index contributed by atoms with van der Waals surface area (Å²) >= 11 is 0. The first-order valence-electron chi connectivity index (χ1n) is 9.63. The predicted molar refractivity (Wildman–Crippen MR) is 113 cm³/mol. The minimum atomic E-state index is -0.515. The molecule has 0 aliphatic heterocycles. The van der Waals surface area contributed by atoms with Crippen molar-refractivity contribution < 1.29 is 14.6 Å². The summed E-state index contributed by atoms with van der Waals surface area (Å²) in [5, 5.41) is 6.82. The van der Waals surface area contributed by atoms with Gasteiger partial charge in [0.25, 0.3) is 0 Å². The van der Waals surface area contributed by atoms with E-state index in [1.807, 2.05) is 18.2 Å². The molecular weight excluding hydrogens is 364 g/mol. The zero-order valence-electron chi connectivity index (χ0n) is 16.5. The molecule has 0 aliphatic carbocycles. The van der Waals surface area contributed by atoms with Gasteiger partial charge in [-0.3, -0.25) is 10.2 Å². The molecule has 0 fully saturated rings. The maximum atomic E-state index is 11.4. The lowest BCUT2D eigenvalue weighted by Crippen LogP contribution is -2.47. The highest BCUT2D eigenvalue weighted by molar-refractivity contribution is 5.70. The molecule has 0 unspecified atom stereocenters. The van der Waals surface area contributed by atoms with Gasteiger partial charge in [-0.25, -0.2) is 4.79 Å². The van der Waals surface area contributed by atoms with Crippen molar-refractivity contribution in [1.82, 2.24) is 10.6 Å². The second-order valence-corrected chi connectivity index (χ2v) is 6.57. The molecule has 0 spiro atoms. The van der Waals surface area contributed by atoms with Crippen LogP contribution < -0.4 is 10.6 Å². The molecule has 0 saturated carbocycles. The van der Waals surface area contributed by atoms with Gasteiger partial charge in [0.2, 0.25) is 0 Å². The van der Waals surface area contributed by atoms with E-state index in [2.05, 4.69) is 93.2 Å². The highest BCUT2D eigenvalue weighted by Gasteiger charge is 2.35. The Bertz CT molecular complexity index is 774. The van der Waals surface area contributed by atoms with E-state index in [0.29, 0.717) is 13.1 Å². The molecule has 0 bridgehead atoms. The van der Waals surface area contributed by atoms with Gasteiger partial charge < -0.3 is 5.32 Å². The minimum absolute atomic E-state index is 0.0878. The lowest BCUT2D eigenvalue weighted by Gasteiger charge is -2.37. The van der Waals surface area contributed by atoms with Gasteiger partial charge >= 0.3 is 5.97 Å². The van der Waals surface area contributed by atoms with E-state index >= 15 is 0 Å². The van der Waals surface area contributed by atoms with Crippen LogP contribution in [0.15, 0.2) is 91.0 Å². The van der Waals surface area contributed by atoms with Crippen LogP contribution in [0, 0.1) is 0 Å². The van der Waals surface area contributed by atoms with Gasteiger partial charge in [-0.2, -0.15) is 4.89 Å². The number of hydrogen-bond acceptors (Lipinski definition) is 5. The van der Waals surface area contributed by atoms with E-state index in [9.17, 15) is 4.79 Å². The molecule has 0 aliphatic rings. The van der Waals surface area contributed by atoms with Gasteiger partial charge in [0.05, 0.1) is 19.2 Å². The van der Waals surface area contributed by atoms with Crippen LogP contribution in [0.3, 0.4) is 0 Å². The second-order valence-electron chi connectivity index (χ2n) is 6.57. The van der Waals surface area contributed by atoms with Crippen molar-refractivity contribution in [2.45, 2.75) is 5.54 Å². The Morgan fingerprint density at radius 1 is 0.759 bits per heavy atom. The van der Waals surface area contributed by atoms with E-state index < -0.39 is 11.5 Å². The highest BCUT2D eigenvalue weighted by Crippen LogP contribution is 2.36. The van der Waals surface area contributed by atoms with Crippen molar-refractivity contribution in [1.29, 1.82) is 0 Å². The fourth-order valence-corrected chi connectivity index (χ4v) is 3.52. The van der Waals surface area contributed by atoms with E-state index in [1.54, 1.807) is 0 Å². The number of carbonyl (C=O) groups excluding carboxylic acids is 1. The van der Waals surface area contributed by atoms with E-state index in [-0.39, 0.29) is 6.54 Å². The SMILES string of the molecule is COOC(=O)CNCCNC(c1ccccc1)(c1ccccc1)c1ccccc1. The van der Waals surface area contributed by atoms with Gasteiger partial charge in [-0.1, -0.05) is 91.0 Å². The summed E-state index contributed by atoms with van der Waals surface area (Å²) in [6.07, 6.45) is 0.